The van der Waals surface area contributed by atoms with Crippen molar-refractivity contribution in [3.63, 3.8) is 0 Å². The van der Waals surface area contributed by atoms with E-state index in [-0.39, 0.29) is 0 Å². The van der Waals surface area contributed by atoms with Crippen molar-refractivity contribution in [3.8, 4) is 6.07 Å². The zero-order valence-corrected chi connectivity index (χ0v) is 16.6. The highest BCUT2D eigenvalue weighted by Gasteiger charge is 2.06. The molecule has 0 aliphatic rings. The van der Waals surface area contributed by atoms with E-state index in [0.717, 1.165) is 30.6 Å². The summed E-state index contributed by atoms with van der Waals surface area (Å²) in [5.74, 6) is -0.407. The lowest BCUT2D eigenvalue weighted by molar-refractivity contribution is 0.625. The molecule has 0 radical (unpaired) electrons. The number of hydrogen-bond donors (Lipinski definition) is 0. The van der Waals surface area contributed by atoms with E-state index in [1.165, 1.54) is 11.6 Å². The van der Waals surface area contributed by atoms with Crippen molar-refractivity contribution >= 4 is 5.69 Å². The molecular weight excluding hydrogens is 335 g/mol. The van der Waals surface area contributed by atoms with E-state index in [0.29, 0.717) is 17.6 Å². The minimum Gasteiger partial charge on any atom is -0.322 e. The number of benzene rings is 1. The molecule has 3 heteroatoms. The first-order chi connectivity index (χ1) is 12.9. The van der Waals surface area contributed by atoms with Gasteiger partial charge in [0.05, 0.1) is 11.6 Å². The Labute approximate surface area is 163 Å². The lowest BCUT2D eigenvalue weighted by Crippen LogP contribution is -2.12. The number of hydrogen-bond acceptors (Lipinski definition) is 2. The fraction of sp³-hybridized carbons (Fsp3) is 0.292. The Kier molecular flexibility index (Phi) is 9.61. The summed E-state index contributed by atoms with van der Waals surface area (Å²) in [4.78, 5) is 2.06. The fourth-order valence-electron chi connectivity index (χ4n) is 2.65. The Balaban J connectivity index is 2.60. The van der Waals surface area contributed by atoms with Crippen molar-refractivity contribution in [1.82, 2.24) is 0 Å². The molecule has 0 heterocycles. The maximum absolute atomic E-state index is 14.0. The average Bonchev–Trinajstić information content (AvgIpc) is 2.67. The minimum absolute atomic E-state index is 0.314. The van der Waals surface area contributed by atoms with Crippen LogP contribution in [-0.4, -0.2) is 0 Å². The number of allylic oxidation sites excluding steroid dienone is 7. The highest BCUT2D eigenvalue weighted by atomic mass is 19.1. The van der Waals surface area contributed by atoms with Gasteiger partial charge in [-0.05, 0) is 75.8 Å². The topological polar surface area (TPSA) is 27.0 Å². The first kappa shape index (κ1) is 22.2. The van der Waals surface area contributed by atoms with E-state index >= 15 is 0 Å². The Morgan fingerprint density at radius 1 is 1.26 bits per heavy atom. The maximum atomic E-state index is 14.0. The van der Waals surface area contributed by atoms with Crippen molar-refractivity contribution in [2.75, 3.05) is 4.90 Å². The Hall–Kier alpha value is -2.86. The monoisotopic (exact) mass is 364 g/mol. The fourth-order valence-corrected chi connectivity index (χ4v) is 2.65. The molecule has 0 N–H and O–H groups in total. The van der Waals surface area contributed by atoms with Crippen LogP contribution in [0.1, 0.15) is 45.6 Å². The summed E-state index contributed by atoms with van der Waals surface area (Å²) < 4.78 is 14.0. The SMILES string of the molecule is C=C(CCCCc1cccc(N(/C=C\C)C(=C)C)c1)/C(F)=C\C(C#N)=C/C. The quantitative estimate of drug-likeness (QED) is 0.250. The first-order valence-electron chi connectivity index (χ1n) is 9.21. The number of rotatable bonds is 10. The number of unbranched alkanes of at least 4 members (excludes halogenated alkanes) is 1. The molecule has 1 aromatic rings. The number of anilines is 1. The molecule has 1 rings (SSSR count). The van der Waals surface area contributed by atoms with Crippen molar-refractivity contribution in [2.24, 2.45) is 0 Å². The van der Waals surface area contributed by atoms with Crippen molar-refractivity contribution in [2.45, 2.75) is 46.5 Å². The van der Waals surface area contributed by atoms with E-state index in [1.54, 1.807) is 13.0 Å². The van der Waals surface area contributed by atoms with E-state index < -0.39 is 5.83 Å². The van der Waals surface area contributed by atoms with Crippen LogP contribution in [0.5, 0.6) is 0 Å². The van der Waals surface area contributed by atoms with E-state index in [9.17, 15) is 4.39 Å². The average molecular weight is 365 g/mol. The van der Waals surface area contributed by atoms with Crippen molar-refractivity contribution < 1.29 is 4.39 Å². The van der Waals surface area contributed by atoms with Gasteiger partial charge >= 0.3 is 0 Å². The molecular formula is C24H29FN2. The smallest absolute Gasteiger partial charge is 0.127 e. The molecule has 0 atom stereocenters. The summed E-state index contributed by atoms with van der Waals surface area (Å²) in [5, 5.41) is 8.85. The van der Waals surface area contributed by atoms with Crippen LogP contribution in [0, 0.1) is 11.3 Å². The Morgan fingerprint density at radius 3 is 2.59 bits per heavy atom. The van der Waals surface area contributed by atoms with Gasteiger partial charge < -0.3 is 4.90 Å². The highest BCUT2D eigenvalue weighted by molar-refractivity contribution is 5.55. The second kappa shape index (κ2) is 11.7. The molecule has 0 fully saturated rings. The van der Waals surface area contributed by atoms with Gasteiger partial charge in [-0.25, -0.2) is 4.39 Å². The van der Waals surface area contributed by atoms with Gasteiger partial charge in [-0.15, -0.1) is 0 Å². The number of aryl methyl sites for hydroxylation is 1. The van der Waals surface area contributed by atoms with Gasteiger partial charge in [0.15, 0.2) is 0 Å². The standard InChI is InChI=1S/C24H29FN2/c1-6-15-27(19(3)4)23-14-10-13-22(16-23)12-9-8-11-20(5)24(25)17-21(7-2)18-26/h6-7,10,13-17H,3,5,8-9,11-12H2,1-2,4H3/b15-6-,21-7+,24-17+. The van der Waals surface area contributed by atoms with Crippen LogP contribution in [-0.2, 0) is 6.42 Å². The molecule has 27 heavy (non-hydrogen) atoms. The van der Waals surface area contributed by atoms with Gasteiger partial charge in [-0.2, -0.15) is 5.26 Å². The van der Waals surface area contributed by atoms with Gasteiger partial charge in [-0.1, -0.05) is 37.4 Å². The van der Waals surface area contributed by atoms with Crippen LogP contribution in [0.3, 0.4) is 0 Å². The van der Waals surface area contributed by atoms with E-state index in [2.05, 4.69) is 36.3 Å². The van der Waals surface area contributed by atoms with Gasteiger partial charge in [0.2, 0.25) is 0 Å². The molecule has 2 nitrogen and oxygen atoms in total. The van der Waals surface area contributed by atoms with Crippen LogP contribution < -0.4 is 4.90 Å². The third-order valence-electron chi connectivity index (χ3n) is 4.15. The van der Waals surface area contributed by atoms with E-state index in [1.807, 2.05) is 38.3 Å². The Morgan fingerprint density at radius 2 is 2.00 bits per heavy atom. The molecule has 0 aromatic heterocycles. The highest BCUT2D eigenvalue weighted by Crippen LogP contribution is 2.23. The van der Waals surface area contributed by atoms with Crippen LogP contribution in [0.15, 0.2) is 84.5 Å². The van der Waals surface area contributed by atoms with Crippen molar-refractivity contribution in [3.05, 3.63) is 90.1 Å². The third-order valence-corrected chi connectivity index (χ3v) is 4.15. The molecule has 0 aliphatic carbocycles. The number of halogens is 1. The summed E-state index contributed by atoms with van der Waals surface area (Å²) in [5.41, 5.74) is 4.05. The van der Waals surface area contributed by atoms with Crippen LogP contribution in [0.4, 0.5) is 10.1 Å². The molecule has 0 saturated heterocycles. The predicted molar refractivity (Wildman–Crippen MR) is 114 cm³/mol. The summed E-state index contributed by atoms with van der Waals surface area (Å²) in [6.07, 6.45) is 10.1. The third kappa shape index (κ3) is 7.50. The van der Waals surface area contributed by atoms with Gasteiger partial charge in [0.25, 0.3) is 0 Å². The Bertz CT molecular complexity index is 791. The predicted octanol–water partition coefficient (Wildman–Crippen LogP) is 7.15. The molecule has 0 spiro atoms. The normalized spacial score (nSPS) is 12.1. The zero-order valence-electron chi connectivity index (χ0n) is 16.6. The number of nitriles is 1. The summed E-state index contributed by atoms with van der Waals surface area (Å²) >= 11 is 0. The van der Waals surface area contributed by atoms with E-state index in [4.69, 9.17) is 5.26 Å². The van der Waals surface area contributed by atoms with Gasteiger partial charge in [-0.3, -0.25) is 0 Å². The van der Waals surface area contributed by atoms with Crippen LogP contribution in [0.25, 0.3) is 0 Å². The second-order valence-corrected chi connectivity index (χ2v) is 6.42. The lowest BCUT2D eigenvalue weighted by Gasteiger charge is -2.21. The molecule has 1 aromatic carbocycles. The summed E-state index contributed by atoms with van der Waals surface area (Å²) in [6, 6.07) is 10.3. The van der Waals surface area contributed by atoms with Gasteiger partial charge in [0.1, 0.15) is 5.83 Å². The summed E-state index contributed by atoms with van der Waals surface area (Å²) in [6.45, 7) is 13.5. The second-order valence-electron chi connectivity index (χ2n) is 6.42. The number of nitrogens with zero attached hydrogens (tertiary/aromatic N) is 2. The summed E-state index contributed by atoms with van der Waals surface area (Å²) in [7, 11) is 0. The van der Waals surface area contributed by atoms with Crippen LogP contribution >= 0.6 is 0 Å². The molecule has 0 amide bonds. The molecule has 0 bridgehead atoms. The molecule has 0 saturated carbocycles. The molecule has 142 valence electrons. The minimum atomic E-state index is -0.407. The van der Waals surface area contributed by atoms with Gasteiger partial charge in [0, 0.05) is 17.6 Å². The van der Waals surface area contributed by atoms with Crippen LogP contribution in [0.2, 0.25) is 0 Å². The lowest BCUT2D eigenvalue weighted by atomic mass is 10.0. The zero-order chi connectivity index (χ0) is 20.2. The molecule has 0 aliphatic heterocycles. The van der Waals surface area contributed by atoms with Crippen molar-refractivity contribution in [1.29, 1.82) is 5.26 Å². The molecule has 0 unspecified atom stereocenters. The maximum Gasteiger partial charge on any atom is 0.127 e. The first-order valence-corrected chi connectivity index (χ1v) is 9.21. The largest absolute Gasteiger partial charge is 0.322 e.